The van der Waals surface area contributed by atoms with Crippen LogP contribution in [-0.2, 0) is 4.74 Å². The SMILES string of the molecule is COC(=O)c1ccc(-n2c(C)cc([C@H]3[C@@H](c4ccccn4)NC(=S)N3c3ccc(Cl)cc3)c2C)cc1. The molecule has 6 nitrogen and oxygen atoms in total. The second-order valence-corrected chi connectivity index (χ2v) is 9.50. The van der Waals surface area contributed by atoms with Gasteiger partial charge in [0.05, 0.1) is 30.5 Å². The Kier molecular flexibility index (Phi) is 6.51. The van der Waals surface area contributed by atoms with Gasteiger partial charge in [0.1, 0.15) is 0 Å². The van der Waals surface area contributed by atoms with E-state index in [4.69, 9.17) is 28.6 Å². The van der Waals surface area contributed by atoms with Gasteiger partial charge in [-0.05, 0) is 98.4 Å². The van der Waals surface area contributed by atoms with Crippen molar-refractivity contribution < 1.29 is 9.53 Å². The van der Waals surface area contributed by atoms with Crippen LogP contribution in [0.5, 0.6) is 0 Å². The van der Waals surface area contributed by atoms with Gasteiger partial charge in [0, 0.05) is 34.0 Å². The summed E-state index contributed by atoms with van der Waals surface area (Å²) in [7, 11) is 1.38. The van der Waals surface area contributed by atoms with Crippen LogP contribution in [0.1, 0.15) is 45.1 Å². The summed E-state index contributed by atoms with van der Waals surface area (Å²) >= 11 is 12.0. The van der Waals surface area contributed by atoms with Gasteiger partial charge < -0.3 is 19.5 Å². The average molecular weight is 517 g/mol. The second-order valence-electron chi connectivity index (χ2n) is 8.67. The number of carbonyl (C=O) groups excluding carboxylic acids is 1. The van der Waals surface area contributed by atoms with E-state index >= 15 is 0 Å². The average Bonchev–Trinajstić information content (AvgIpc) is 3.39. The minimum Gasteiger partial charge on any atom is -0.465 e. The van der Waals surface area contributed by atoms with Crippen molar-refractivity contribution in [3.63, 3.8) is 0 Å². The van der Waals surface area contributed by atoms with Crippen LogP contribution in [0.4, 0.5) is 5.69 Å². The lowest BCUT2D eigenvalue weighted by Gasteiger charge is -2.28. The number of anilines is 1. The predicted molar refractivity (Wildman–Crippen MR) is 146 cm³/mol. The number of hydrogen-bond acceptors (Lipinski definition) is 4. The number of thiocarbonyl (C=S) groups is 1. The Morgan fingerprint density at radius 3 is 2.36 bits per heavy atom. The largest absolute Gasteiger partial charge is 0.465 e. The van der Waals surface area contributed by atoms with Crippen molar-refractivity contribution >= 4 is 40.6 Å². The maximum atomic E-state index is 11.9. The fourth-order valence-corrected chi connectivity index (χ4v) is 5.37. The molecule has 0 aliphatic carbocycles. The highest BCUT2D eigenvalue weighted by Gasteiger charge is 2.42. The summed E-state index contributed by atoms with van der Waals surface area (Å²) < 4.78 is 7.03. The first-order valence-corrected chi connectivity index (χ1v) is 12.3. The number of rotatable bonds is 5. The summed E-state index contributed by atoms with van der Waals surface area (Å²) in [6, 6.07) is 23.0. The van der Waals surface area contributed by atoms with Crippen LogP contribution in [0.15, 0.2) is 79.0 Å². The molecule has 3 heterocycles. The van der Waals surface area contributed by atoms with E-state index in [-0.39, 0.29) is 18.1 Å². The number of nitrogens with one attached hydrogen (secondary N) is 1. The molecule has 5 rings (SSSR count). The minimum absolute atomic E-state index is 0.136. The van der Waals surface area contributed by atoms with Crippen LogP contribution >= 0.6 is 23.8 Å². The zero-order valence-electron chi connectivity index (χ0n) is 20.1. The highest BCUT2D eigenvalue weighted by molar-refractivity contribution is 7.80. The predicted octanol–water partition coefficient (Wildman–Crippen LogP) is 6.11. The Labute approximate surface area is 220 Å². The number of pyridine rings is 1. The number of methoxy groups -OCH3 is 1. The van der Waals surface area contributed by atoms with Gasteiger partial charge in [-0.3, -0.25) is 4.98 Å². The van der Waals surface area contributed by atoms with Gasteiger partial charge >= 0.3 is 5.97 Å². The van der Waals surface area contributed by atoms with Crippen molar-refractivity contribution in [2.45, 2.75) is 25.9 Å². The first-order valence-electron chi connectivity index (χ1n) is 11.5. The summed E-state index contributed by atoms with van der Waals surface area (Å²) in [4.78, 5) is 18.7. The normalized spacial score (nSPS) is 17.2. The minimum atomic E-state index is -0.356. The first kappa shape index (κ1) is 24.0. The number of aryl methyl sites for hydroxylation is 1. The quantitative estimate of drug-likeness (QED) is 0.255. The Morgan fingerprint density at radius 1 is 1.03 bits per heavy atom. The Morgan fingerprint density at radius 2 is 1.72 bits per heavy atom. The van der Waals surface area contributed by atoms with Gasteiger partial charge in [0.15, 0.2) is 5.11 Å². The molecule has 1 N–H and O–H groups in total. The molecule has 0 bridgehead atoms. The molecule has 1 fully saturated rings. The van der Waals surface area contributed by atoms with E-state index in [0.717, 1.165) is 34.0 Å². The molecule has 8 heteroatoms. The van der Waals surface area contributed by atoms with Gasteiger partial charge in [0.2, 0.25) is 0 Å². The molecule has 1 saturated heterocycles. The van der Waals surface area contributed by atoms with Crippen molar-refractivity contribution in [3.8, 4) is 5.69 Å². The summed E-state index contributed by atoms with van der Waals surface area (Å²) in [5, 5.41) is 4.80. The molecule has 4 aromatic rings. The first-order chi connectivity index (χ1) is 17.4. The highest BCUT2D eigenvalue weighted by atomic mass is 35.5. The fourth-order valence-electron chi connectivity index (χ4n) is 4.90. The van der Waals surface area contributed by atoms with E-state index in [1.54, 1.807) is 18.3 Å². The molecule has 36 heavy (non-hydrogen) atoms. The zero-order chi connectivity index (χ0) is 25.4. The fraction of sp³-hybridized carbons (Fsp3) is 0.179. The van der Waals surface area contributed by atoms with Crippen LogP contribution in [0.2, 0.25) is 5.02 Å². The lowest BCUT2D eigenvalue weighted by Crippen LogP contribution is -2.29. The number of benzene rings is 2. The standard InChI is InChI=1S/C28H25ClN4O2S/c1-17-16-23(18(2)32(17)21-11-7-19(8-12-21)27(34)35-3)26-25(24-6-4-5-15-30-24)31-28(36)33(26)22-13-9-20(29)10-14-22/h4-16,25-26H,1-3H3,(H,31,36)/t25-,26+/m1/s1. The molecule has 2 atom stereocenters. The van der Waals surface area contributed by atoms with Crippen molar-refractivity contribution in [1.29, 1.82) is 0 Å². The number of ether oxygens (including phenoxy) is 1. The van der Waals surface area contributed by atoms with Crippen molar-refractivity contribution in [3.05, 3.63) is 112 Å². The molecule has 0 saturated carbocycles. The van der Waals surface area contributed by atoms with Crippen LogP contribution < -0.4 is 10.2 Å². The van der Waals surface area contributed by atoms with E-state index < -0.39 is 0 Å². The highest BCUT2D eigenvalue weighted by Crippen LogP contribution is 2.43. The van der Waals surface area contributed by atoms with Gasteiger partial charge in [-0.1, -0.05) is 17.7 Å². The van der Waals surface area contributed by atoms with Gasteiger partial charge in [-0.25, -0.2) is 4.79 Å². The number of halogens is 1. The Hall–Kier alpha value is -3.68. The van der Waals surface area contributed by atoms with Gasteiger partial charge in [-0.15, -0.1) is 0 Å². The molecule has 182 valence electrons. The monoisotopic (exact) mass is 516 g/mol. The van der Waals surface area contributed by atoms with E-state index in [1.165, 1.54) is 7.11 Å². The van der Waals surface area contributed by atoms with E-state index in [2.05, 4.69) is 39.7 Å². The molecule has 1 aliphatic rings. The number of hydrogen-bond donors (Lipinski definition) is 1. The molecule has 1 aliphatic heterocycles. The topological polar surface area (TPSA) is 59.4 Å². The zero-order valence-corrected chi connectivity index (χ0v) is 21.7. The Balaban J connectivity index is 1.63. The van der Waals surface area contributed by atoms with E-state index in [0.29, 0.717) is 15.7 Å². The van der Waals surface area contributed by atoms with Crippen molar-refractivity contribution in [2.24, 2.45) is 0 Å². The van der Waals surface area contributed by atoms with Gasteiger partial charge in [0.25, 0.3) is 0 Å². The molecular formula is C28H25ClN4O2S. The molecule has 2 aromatic carbocycles. The third kappa shape index (κ3) is 4.25. The van der Waals surface area contributed by atoms with Crippen LogP contribution in [0, 0.1) is 13.8 Å². The summed E-state index contributed by atoms with van der Waals surface area (Å²) in [5.74, 6) is -0.356. The van der Waals surface area contributed by atoms with E-state index in [1.807, 2.05) is 54.6 Å². The number of carbonyl (C=O) groups is 1. The molecule has 0 amide bonds. The number of nitrogens with zero attached hydrogens (tertiary/aromatic N) is 3. The van der Waals surface area contributed by atoms with Crippen molar-refractivity contribution in [2.75, 3.05) is 12.0 Å². The van der Waals surface area contributed by atoms with Gasteiger partial charge in [-0.2, -0.15) is 0 Å². The number of aromatic nitrogens is 2. The Bertz CT molecular complexity index is 1420. The number of esters is 1. The smallest absolute Gasteiger partial charge is 0.337 e. The van der Waals surface area contributed by atoms with Crippen LogP contribution in [-0.4, -0.2) is 27.7 Å². The molecule has 0 spiro atoms. The molecule has 0 unspecified atom stereocenters. The maximum Gasteiger partial charge on any atom is 0.337 e. The summed E-state index contributed by atoms with van der Waals surface area (Å²) in [6.45, 7) is 4.18. The third-order valence-electron chi connectivity index (χ3n) is 6.54. The van der Waals surface area contributed by atoms with E-state index in [9.17, 15) is 4.79 Å². The maximum absolute atomic E-state index is 11.9. The molecular weight excluding hydrogens is 492 g/mol. The third-order valence-corrected chi connectivity index (χ3v) is 7.10. The lowest BCUT2D eigenvalue weighted by molar-refractivity contribution is 0.0600. The molecule has 2 aromatic heterocycles. The van der Waals surface area contributed by atoms with Crippen molar-refractivity contribution in [1.82, 2.24) is 14.9 Å². The lowest BCUT2D eigenvalue weighted by atomic mass is 9.96. The van der Waals surface area contributed by atoms with Crippen LogP contribution in [0.3, 0.4) is 0 Å². The second kappa shape index (κ2) is 9.76. The molecule has 0 radical (unpaired) electrons. The summed E-state index contributed by atoms with van der Waals surface area (Å²) in [6.07, 6.45) is 1.80. The van der Waals surface area contributed by atoms with Crippen LogP contribution in [0.25, 0.3) is 5.69 Å². The summed E-state index contributed by atoms with van der Waals surface area (Å²) in [5.41, 5.74) is 6.61.